The molecule has 0 radical (unpaired) electrons. The minimum Gasteiger partial charge on any atom is -0.326 e. The second-order valence-electron chi connectivity index (χ2n) is 9.31. The van der Waals surface area contributed by atoms with Gasteiger partial charge in [-0.15, -0.1) is 0 Å². The molecule has 0 saturated carbocycles. The van der Waals surface area contributed by atoms with Crippen LogP contribution in [0.15, 0.2) is 48.5 Å². The standard InChI is InChI=1S/C26H38N2O8P2/c29-25(27-21-13-17-23(18-14-21)37(31,32)33)11-9-7-5-3-1-2-4-6-8-10-12-26(30)28-22-15-19-24(20-16-22)38(34,35)36/h13-20H,1-12H2,(H,27,29)(H,28,30)(H2,31,32,33)(H2,34,35,36). The van der Waals surface area contributed by atoms with E-state index in [0.717, 1.165) is 64.2 Å². The fourth-order valence-corrected chi connectivity index (χ4v) is 4.99. The molecule has 6 N–H and O–H groups in total. The summed E-state index contributed by atoms with van der Waals surface area (Å²) in [5.74, 6) is -0.221. The van der Waals surface area contributed by atoms with Crippen LogP contribution in [0.5, 0.6) is 0 Å². The molecule has 0 unspecified atom stereocenters. The highest BCUT2D eigenvalue weighted by Crippen LogP contribution is 2.34. The molecule has 0 aliphatic carbocycles. The molecule has 2 aromatic carbocycles. The number of unbranched alkanes of at least 4 members (excludes halogenated alkanes) is 9. The number of rotatable bonds is 17. The number of carbonyl (C=O) groups excluding carboxylic acids is 2. The van der Waals surface area contributed by atoms with Crippen molar-refractivity contribution in [1.29, 1.82) is 0 Å². The quantitative estimate of drug-likeness (QED) is 0.119. The van der Waals surface area contributed by atoms with Gasteiger partial charge in [0.25, 0.3) is 0 Å². The number of hydrogen-bond donors (Lipinski definition) is 6. The summed E-state index contributed by atoms with van der Waals surface area (Å²) in [7, 11) is -8.56. The van der Waals surface area contributed by atoms with E-state index in [2.05, 4.69) is 10.6 Å². The van der Waals surface area contributed by atoms with Crippen LogP contribution < -0.4 is 21.2 Å². The molecule has 0 saturated heterocycles. The van der Waals surface area contributed by atoms with Gasteiger partial charge in [0.1, 0.15) is 0 Å². The van der Waals surface area contributed by atoms with E-state index >= 15 is 0 Å². The van der Waals surface area contributed by atoms with Crippen molar-refractivity contribution < 1.29 is 38.3 Å². The van der Waals surface area contributed by atoms with E-state index in [0.29, 0.717) is 24.2 Å². The average molecular weight is 569 g/mol. The van der Waals surface area contributed by atoms with Gasteiger partial charge in [-0.1, -0.05) is 51.4 Å². The third kappa shape index (κ3) is 13.0. The molecule has 0 aliphatic rings. The Labute approximate surface area is 223 Å². The normalized spacial score (nSPS) is 11.8. The highest BCUT2D eigenvalue weighted by molar-refractivity contribution is 7.60. The molecule has 10 nitrogen and oxygen atoms in total. The zero-order chi connectivity index (χ0) is 28.0. The van der Waals surface area contributed by atoms with Crippen LogP contribution in [-0.2, 0) is 18.7 Å². The first-order chi connectivity index (χ1) is 17.9. The molecule has 2 aromatic rings. The van der Waals surface area contributed by atoms with Gasteiger partial charge in [0.15, 0.2) is 0 Å². The van der Waals surface area contributed by atoms with Crippen molar-refractivity contribution in [3.8, 4) is 0 Å². The van der Waals surface area contributed by atoms with Crippen LogP contribution in [0.1, 0.15) is 77.0 Å². The van der Waals surface area contributed by atoms with Crippen LogP contribution in [0.3, 0.4) is 0 Å². The minimum absolute atomic E-state index is 0.0773. The predicted octanol–water partition coefficient (Wildman–Crippen LogP) is 4.55. The highest BCUT2D eigenvalue weighted by Gasteiger charge is 2.17. The molecule has 2 rings (SSSR count). The summed E-state index contributed by atoms with van der Waals surface area (Å²) in [6.45, 7) is 0. The molecule has 0 atom stereocenters. The Morgan fingerprint density at radius 2 is 0.763 bits per heavy atom. The maximum absolute atomic E-state index is 12.0. The van der Waals surface area contributed by atoms with E-state index in [1.807, 2.05) is 0 Å². The molecule has 12 heteroatoms. The van der Waals surface area contributed by atoms with E-state index < -0.39 is 15.2 Å². The van der Waals surface area contributed by atoms with Gasteiger partial charge < -0.3 is 30.2 Å². The predicted molar refractivity (Wildman–Crippen MR) is 149 cm³/mol. The first-order valence-electron chi connectivity index (χ1n) is 12.9. The average Bonchev–Trinajstić information content (AvgIpc) is 2.84. The van der Waals surface area contributed by atoms with E-state index in [9.17, 15) is 18.7 Å². The summed E-state index contributed by atoms with van der Waals surface area (Å²) < 4.78 is 22.3. The van der Waals surface area contributed by atoms with E-state index in [4.69, 9.17) is 19.6 Å². The van der Waals surface area contributed by atoms with Gasteiger partial charge in [0.2, 0.25) is 11.8 Å². The molecular weight excluding hydrogens is 530 g/mol. The molecule has 0 aliphatic heterocycles. The van der Waals surface area contributed by atoms with Crippen LogP contribution in [0.25, 0.3) is 0 Å². The molecule has 210 valence electrons. The lowest BCUT2D eigenvalue weighted by molar-refractivity contribution is -0.117. The summed E-state index contributed by atoms with van der Waals surface area (Å²) in [5.41, 5.74) is 1.03. The summed E-state index contributed by atoms with van der Waals surface area (Å²) >= 11 is 0. The Morgan fingerprint density at radius 3 is 1.03 bits per heavy atom. The summed E-state index contributed by atoms with van der Waals surface area (Å²) in [6.07, 6.45) is 11.0. The van der Waals surface area contributed by atoms with E-state index in [-0.39, 0.29) is 22.4 Å². The zero-order valence-corrected chi connectivity index (χ0v) is 23.2. The Bertz CT molecular complexity index is 1020. The topological polar surface area (TPSA) is 173 Å². The van der Waals surface area contributed by atoms with Gasteiger partial charge in [0.05, 0.1) is 10.6 Å². The largest absolute Gasteiger partial charge is 0.356 e. The van der Waals surface area contributed by atoms with E-state index in [1.165, 1.54) is 48.5 Å². The first kappa shape index (κ1) is 31.9. The summed E-state index contributed by atoms with van der Waals surface area (Å²) in [6, 6.07) is 11.2. The van der Waals surface area contributed by atoms with Gasteiger partial charge in [-0.25, -0.2) is 0 Å². The number of hydrogen-bond acceptors (Lipinski definition) is 4. The number of benzene rings is 2. The molecule has 38 heavy (non-hydrogen) atoms. The Hall–Kier alpha value is -2.32. The van der Waals surface area contributed by atoms with Gasteiger partial charge in [-0.2, -0.15) is 0 Å². The smallest absolute Gasteiger partial charge is 0.326 e. The monoisotopic (exact) mass is 568 g/mol. The molecule has 0 spiro atoms. The highest BCUT2D eigenvalue weighted by atomic mass is 31.2. The fraction of sp³-hybridized carbons (Fsp3) is 0.462. The van der Waals surface area contributed by atoms with Crippen molar-refractivity contribution in [3.63, 3.8) is 0 Å². The van der Waals surface area contributed by atoms with Crippen LogP contribution in [-0.4, -0.2) is 31.4 Å². The lowest BCUT2D eigenvalue weighted by Gasteiger charge is -2.08. The third-order valence-corrected chi connectivity index (χ3v) is 7.97. The summed E-state index contributed by atoms with van der Waals surface area (Å²) in [5, 5.41) is 5.32. The van der Waals surface area contributed by atoms with Gasteiger partial charge in [-0.05, 0) is 61.4 Å². The number of anilines is 2. The van der Waals surface area contributed by atoms with Crippen molar-refractivity contribution >= 4 is 49.0 Å². The second kappa shape index (κ2) is 15.9. The van der Waals surface area contributed by atoms with Gasteiger partial charge in [-0.3, -0.25) is 18.7 Å². The molecule has 0 aromatic heterocycles. The fourth-order valence-electron chi connectivity index (χ4n) is 3.91. The van der Waals surface area contributed by atoms with Crippen molar-refractivity contribution in [1.82, 2.24) is 0 Å². The number of amides is 2. The lowest BCUT2D eigenvalue weighted by Crippen LogP contribution is -2.12. The zero-order valence-electron chi connectivity index (χ0n) is 21.4. The Balaban J connectivity index is 1.42. The third-order valence-electron chi connectivity index (χ3n) is 6.03. The maximum Gasteiger partial charge on any atom is 0.356 e. The lowest BCUT2D eigenvalue weighted by atomic mass is 10.0. The SMILES string of the molecule is O=C(CCCCCCCCCCCCC(=O)Nc1ccc(P(=O)(O)O)cc1)Nc1ccc(P(=O)(O)O)cc1. The van der Waals surface area contributed by atoms with E-state index in [1.54, 1.807) is 0 Å². The summed E-state index contributed by atoms with van der Waals surface area (Å²) in [4.78, 5) is 60.5. The van der Waals surface area contributed by atoms with Gasteiger partial charge >= 0.3 is 15.2 Å². The van der Waals surface area contributed by atoms with Crippen molar-refractivity contribution in [2.45, 2.75) is 77.0 Å². The molecule has 0 fully saturated rings. The van der Waals surface area contributed by atoms with Crippen LogP contribution >= 0.6 is 15.2 Å². The molecule has 2 amide bonds. The van der Waals surface area contributed by atoms with Crippen molar-refractivity contribution in [2.24, 2.45) is 0 Å². The molecule has 0 heterocycles. The maximum atomic E-state index is 12.0. The Kier molecular flexibility index (Phi) is 13.4. The minimum atomic E-state index is -4.28. The molecule has 0 bridgehead atoms. The van der Waals surface area contributed by atoms with Gasteiger partial charge in [0, 0.05) is 24.2 Å². The number of carbonyl (C=O) groups is 2. The first-order valence-corrected chi connectivity index (χ1v) is 16.1. The molecular formula is C26H38N2O8P2. The van der Waals surface area contributed by atoms with Crippen LogP contribution in [0.4, 0.5) is 11.4 Å². The number of nitrogens with one attached hydrogen (secondary N) is 2. The van der Waals surface area contributed by atoms with Crippen molar-refractivity contribution in [2.75, 3.05) is 10.6 Å². The van der Waals surface area contributed by atoms with Crippen LogP contribution in [0, 0.1) is 0 Å². The van der Waals surface area contributed by atoms with Crippen LogP contribution in [0.2, 0.25) is 0 Å². The second-order valence-corrected chi connectivity index (χ2v) is 12.5. The Morgan fingerprint density at radius 1 is 0.500 bits per heavy atom. The van der Waals surface area contributed by atoms with Crippen molar-refractivity contribution in [3.05, 3.63) is 48.5 Å².